The number of hydrogen-bond acceptors (Lipinski definition) is 4. The number of carbonyl (C=O) groups excluding carboxylic acids is 2. The lowest BCUT2D eigenvalue weighted by Gasteiger charge is -2.42. The second kappa shape index (κ2) is 9.35. The van der Waals surface area contributed by atoms with Crippen LogP contribution >= 0.6 is 22.9 Å². The van der Waals surface area contributed by atoms with E-state index >= 15 is 0 Å². The van der Waals surface area contributed by atoms with Crippen LogP contribution in [0.1, 0.15) is 46.6 Å². The first-order valence-corrected chi connectivity index (χ1v) is 11.7. The van der Waals surface area contributed by atoms with Crippen molar-refractivity contribution in [1.29, 1.82) is 0 Å². The third-order valence-corrected chi connectivity index (χ3v) is 6.78. The third kappa shape index (κ3) is 4.25. The average molecular weight is 469 g/mol. The Hall–Kier alpha value is -2.83. The van der Waals surface area contributed by atoms with Crippen LogP contribution in [0.4, 0.5) is 5.69 Å². The Kier molecular flexibility index (Phi) is 6.53. The van der Waals surface area contributed by atoms with Gasteiger partial charge in [0.25, 0.3) is 5.91 Å². The smallest absolute Gasteiger partial charge is 0.254 e. The summed E-state index contributed by atoms with van der Waals surface area (Å²) in [6.45, 7) is 4.72. The van der Waals surface area contributed by atoms with Gasteiger partial charge < -0.3 is 15.0 Å². The fourth-order valence-corrected chi connectivity index (χ4v) is 5.34. The largest absolute Gasteiger partial charge is 0.495 e. The van der Waals surface area contributed by atoms with E-state index in [9.17, 15) is 9.59 Å². The highest BCUT2D eigenvalue weighted by Gasteiger charge is 2.44. The van der Waals surface area contributed by atoms with E-state index in [4.69, 9.17) is 16.3 Å². The summed E-state index contributed by atoms with van der Waals surface area (Å²) >= 11 is 7.82. The predicted octanol–water partition coefficient (Wildman–Crippen LogP) is 5.99. The highest BCUT2D eigenvalue weighted by atomic mass is 35.5. The first kappa shape index (κ1) is 22.4. The van der Waals surface area contributed by atoms with Crippen molar-refractivity contribution in [2.45, 2.75) is 25.8 Å². The van der Waals surface area contributed by atoms with E-state index in [1.165, 1.54) is 0 Å². The SMILES string of the molecule is COc1ccc(NC(=O)C2c3ccccc3C(=O)N(CC(C)C)C2c2cccs2)cc1Cl. The lowest BCUT2D eigenvalue weighted by molar-refractivity contribution is -0.119. The van der Waals surface area contributed by atoms with E-state index in [1.54, 1.807) is 42.7 Å². The van der Waals surface area contributed by atoms with E-state index in [0.717, 1.165) is 10.4 Å². The highest BCUT2D eigenvalue weighted by Crippen LogP contribution is 2.45. The molecule has 4 rings (SSSR count). The van der Waals surface area contributed by atoms with Crippen molar-refractivity contribution in [2.75, 3.05) is 19.0 Å². The molecule has 0 spiro atoms. The minimum atomic E-state index is -0.554. The van der Waals surface area contributed by atoms with Crippen molar-refractivity contribution in [3.63, 3.8) is 0 Å². The molecular formula is C25H25ClN2O3S. The molecule has 1 N–H and O–H groups in total. The summed E-state index contributed by atoms with van der Waals surface area (Å²) in [5, 5.41) is 5.41. The lowest BCUT2D eigenvalue weighted by atomic mass is 9.81. The molecule has 2 heterocycles. The quantitative estimate of drug-likeness (QED) is 0.483. The number of fused-ring (bicyclic) bond motifs is 1. The molecule has 7 heteroatoms. The Balaban J connectivity index is 1.79. The van der Waals surface area contributed by atoms with Gasteiger partial charge in [-0.2, -0.15) is 0 Å². The number of hydrogen-bond donors (Lipinski definition) is 1. The normalized spacial score (nSPS) is 17.9. The number of methoxy groups -OCH3 is 1. The van der Waals surface area contributed by atoms with E-state index < -0.39 is 5.92 Å². The predicted molar refractivity (Wildman–Crippen MR) is 129 cm³/mol. The fourth-order valence-electron chi connectivity index (χ4n) is 4.21. The van der Waals surface area contributed by atoms with Gasteiger partial charge in [-0.25, -0.2) is 0 Å². The summed E-state index contributed by atoms with van der Waals surface area (Å²) in [5.74, 6) is 0.0263. The van der Waals surface area contributed by atoms with Crippen LogP contribution in [-0.2, 0) is 4.79 Å². The first-order chi connectivity index (χ1) is 15.4. The molecule has 0 saturated carbocycles. The number of carbonyl (C=O) groups is 2. The summed E-state index contributed by atoms with van der Waals surface area (Å²) in [7, 11) is 1.55. The minimum Gasteiger partial charge on any atom is -0.495 e. The molecule has 2 unspecified atom stereocenters. The van der Waals surface area contributed by atoms with Crippen molar-refractivity contribution < 1.29 is 14.3 Å². The summed E-state index contributed by atoms with van der Waals surface area (Å²) in [5.41, 5.74) is 1.90. The number of amides is 2. The third-order valence-electron chi connectivity index (χ3n) is 5.54. The summed E-state index contributed by atoms with van der Waals surface area (Å²) in [6, 6.07) is 16.1. The summed E-state index contributed by atoms with van der Waals surface area (Å²) in [6.07, 6.45) is 0. The van der Waals surface area contributed by atoms with Gasteiger partial charge >= 0.3 is 0 Å². The van der Waals surface area contributed by atoms with Gasteiger partial charge in [0.15, 0.2) is 0 Å². The Morgan fingerprint density at radius 2 is 1.97 bits per heavy atom. The first-order valence-electron chi connectivity index (χ1n) is 10.5. The maximum Gasteiger partial charge on any atom is 0.254 e. The molecule has 0 fully saturated rings. The molecule has 2 atom stereocenters. The highest BCUT2D eigenvalue weighted by molar-refractivity contribution is 7.10. The molecule has 5 nitrogen and oxygen atoms in total. The lowest BCUT2D eigenvalue weighted by Crippen LogP contribution is -2.47. The number of nitrogens with zero attached hydrogens (tertiary/aromatic N) is 1. The molecule has 0 aliphatic carbocycles. The van der Waals surface area contributed by atoms with Crippen LogP contribution < -0.4 is 10.1 Å². The van der Waals surface area contributed by atoms with E-state index in [2.05, 4.69) is 19.2 Å². The second-order valence-electron chi connectivity index (χ2n) is 8.22. The molecule has 3 aromatic rings. The zero-order chi connectivity index (χ0) is 22.8. The molecular weight excluding hydrogens is 444 g/mol. The van der Waals surface area contributed by atoms with Crippen LogP contribution in [0.25, 0.3) is 0 Å². The van der Waals surface area contributed by atoms with E-state index in [-0.39, 0.29) is 23.8 Å². The molecule has 1 aliphatic rings. The van der Waals surface area contributed by atoms with E-state index in [1.807, 2.05) is 40.6 Å². The van der Waals surface area contributed by atoms with Crippen LogP contribution in [0, 0.1) is 5.92 Å². The molecule has 0 bridgehead atoms. The number of thiophene rings is 1. The van der Waals surface area contributed by atoms with Crippen LogP contribution in [0.5, 0.6) is 5.75 Å². The van der Waals surface area contributed by atoms with Gasteiger partial charge in [0.05, 0.1) is 24.1 Å². The number of halogens is 1. The van der Waals surface area contributed by atoms with Gasteiger partial charge in [0, 0.05) is 22.7 Å². The number of anilines is 1. The molecule has 0 radical (unpaired) electrons. The molecule has 0 saturated heterocycles. The van der Waals surface area contributed by atoms with Crippen LogP contribution in [0.2, 0.25) is 5.02 Å². The van der Waals surface area contributed by atoms with Crippen LogP contribution in [0.3, 0.4) is 0 Å². The zero-order valence-electron chi connectivity index (χ0n) is 18.2. The van der Waals surface area contributed by atoms with Gasteiger partial charge in [-0.15, -0.1) is 11.3 Å². The molecule has 1 aromatic heterocycles. The van der Waals surface area contributed by atoms with Crippen molar-refractivity contribution in [2.24, 2.45) is 5.92 Å². The van der Waals surface area contributed by atoms with Crippen LogP contribution in [-0.4, -0.2) is 30.4 Å². The van der Waals surface area contributed by atoms with Crippen molar-refractivity contribution in [3.05, 3.63) is 81.0 Å². The Morgan fingerprint density at radius 1 is 1.19 bits per heavy atom. The van der Waals surface area contributed by atoms with Crippen molar-refractivity contribution in [1.82, 2.24) is 4.90 Å². The summed E-state index contributed by atoms with van der Waals surface area (Å²) in [4.78, 5) is 30.0. The van der Waals surface area contributed by atoms with Crippen LogP contribution in [0.15, 0.2) is 60.0 Å². The molecule has 2 aromatic carbocycles. The Morgan fingerprint density at radius 3 is 2.62 bits per heavy atom. The number of nitrogens with one attached hydrogen (secondary N) is 1. The topological polar surface area (TPSA) is 58.6 Å². The maximum atomic E-state index is 13.7. The van der Waals surface area contributed by atoms with Crippen molar-refractivity contribution >= 4 is 40.4 Å². The Labute approximate surface area is 197 Å². The zero-order valence-corrected chi connectivity index (χ0v) is 19.7. The number of benzene rings is 2. The number of rotatable bonds is 6. The van der Waals surface area contributed by atoms with Gasteiger partial charge in [-0.1, -0.05) is 49.7 Å². The molecule has 2 amide bonds. The minimum absolute atomic E-state index is 0.0377. The van der Waals surface area contributed by atoms with Crippen molar-refractivity contribution in [3.8, 4) is 5.75 Å². The summed E-state index contributed by atoms with van der Waals surface area (Å²) < 4.78 is 5.21. The monoisotopic (exact) mass is 468 g/mol. The van der Waals surface area contributed by atoms with Gasteiger partial charge in [0.2, 0.25) is 5.91 Å². The second-order valence-corrected chi connectivity index (χ2v) is 9.60. The Bertz CT molecular complexity index is 1130. The molecule has 1 aliphatic heterocycles. The standard InChI is InChI=1S/C25H25ClN2O3S/c1-15(2)14-28-23(21-9-6-12-32-21)22(17-7-4-5-8-18(17)25(28)30)24(29)27-16-10-11-20(31-3)19(26)13-16/h4-13,15,22-23H,14H2,1-3H3,(H,27,29). The number of ether oxygens (including phenoxy) is 1. The molecule has 166 valence electrons. The molecule has 32 heavy (non-hydrogen) atoms. The van der Waals surface area contributed by atoms with Gasteiger partial charge in [0.1, 0.15) is 5.75 Å². The average Bonchev–Trinajstić information content (AvgIpc) is 3.30. The van der Waals surface area contributed by atoms with Gasteiger partial charge in [-0.3, -0.25) is 9.59 Å². The van der Waals surface area contributed by atoms with E-state index in [0.29, 0.717) is 28.6 Å². The van der Waals surface area contributed by atoms with Gasteiger partial charge in [-0.05, 0) is 47.2 Å². The fraction of sp³-hybridized carbons (Fsp3) is 0.280. The maximum absolute atomic E-state index is 13.7.